The Hall–Kier alpha value is -1.42. The summed E-state index contributed by atoms with van der Waals surface area (Å²) in [5.41, 5.74) is 7.52. The van der Waals surface area contributed by atoms with Crippen LogP contribution in [0, 0.1) is 5.41 Å². The molecule has 0 unspecified atom stereocenters. The lowest BCUT2D eigenvalue weighted by Gasteiger charge is -2.18. The number of hydrogen-bond donors (Lipinski definition) is 2. The third-order valence-corrected chi connectivity index (χ3v) is 3.26. The summed E-state index contributed by atoms with van der Waals surface area (Å²) in [7, 11) is 0. The first-order valence-corrected chi connectivity index (χ1v) is 6.34. The highest BCUT2D eigenvalue weighted by Gasteiger charge is 2.41. The number of hydrogen-bond acceptors (Lipinski definition) is 3. The molecule has 0 saturated heterocycles. The molecule has 98 valence electrons. The molecule has 0 atom stereocenters. The maximum atomic E-state index is 11.8. The summed E-state index contributed by atoms with van der Waals surface area (Å²) in [5, 5.41) is 2.93. The van der Waals surface area contributed by atoms with Crippen molar-refractivity contribution in [2.24, 2.45) is 11.1 Å². The predicted molar refractivity (Wildman–Crippen MR) is 70.6 cm³/mol. The topological polar surface area (TPSA) is 68.0 Å². The molecule has 2 rings (SSSR count). The number of pyridine rings is 1. The van der Waals surface area contributed by atoms with Gasteiger partial charge < -0.3 is 11.1 Å². The van der Waals surface area contributed by atoms with Crippen LogP contribution < -0.4 is 11.1 Å². The normalized spacial score (nSPS) is 17.3. The number of carbonyl (C=O) groups excluding carboxylic acids is 1. The van der Waals surface area contributed by atoms with E-state index in [0.717, 1.165) is 24.1 Å². The van der Waals surface area contributed by atoms with Crippen molar-refractivity contribution in [1.82, 2.24) is 10.3 Å². The van der Waals surface area contributed by atoms with E-state index in [2.05, 4.69) is 10.3 Å². The Morgan fingerprint density at radius 2 is 2.17 bits per heavy atom. The van der Waals surface area contributed by atoms with E-state index < -0.39 is 0 Å². The van der Waals surface area contributed by atoms with Crippen LogP contribution in [-0.2, 0) is 16.9 Å². The van der Waals surface area contributed by atoms with Gasteiger partial charge in [-0.05, 0) is 30.5 Å². The maximum absolute atomic E-state index is 11.8. The third kappa shape index (κ3) is 2.88. The standard InChI is InChI=1S/C14H21N3O/c1-13(2,3)12(18)17-9-10-4-7-16-11(8-10)14(15)5-6-14/h4,7-8H,5-6,9,15H2,1-3H3,(H,17,18). The Kier molecular flexibility index (Phi) is 3.15. The van der Waals surface area contributed by atoms with Crippen LogP contribution in [0.1, 0.15) is 44.9 Å². The number of rotatable bonds is 3. The number of nitrogens with two attached hydrogens (primary N) is 1. The van der Waals surface area contributed by atoms with E-state index in [1.165, 1.54) is 0 Å². The van der Waals surface area contributed by atoms with Crippen LogP contribution in [0.4, 0.5) is 0 Å². The van der Waals surface area contributed by atoms with Gasteiger partial charge in [0.1, 0.15) is 0 Å². The van der Waals surface area contributed by atoms with Crippen LogP contribution in [0.2, 0.25) is 0 Å². The quantitative estimate of drug-likeness (QED) is 0.854. The average Bonchev–Trinajstić information content (AvgIpc) is 3.05. The Morgan fingerprint density at radius 1 is 1.50 bits per heavy atom. The van der Waals surface area contributed by atoms with Crippen molar-refractivity contribution in [3.05, 3.63) is 29.6 Å². The fourth-order valence-electron chi connectivity index (χ4n) is 1.69. The minimum Gasteiger partial charge on any atom is -0.352 e. The number of carbonyl (C=O) groups is 1. The third-order valence-electron chi connectivity index (χ3n) is 3.26. The van der Waals surface area contributed by atoms with E-state index in [1.54, 1.807) is 6.20 Å². The lowest BCUT2D eigenvalue weighted by Crippen LogP contribution is -2.34. The minimum absolute atomic E-state index is 0.0507. The van der Waals surface area contributed by atoms with Crippen molar-refractivity contribution < 1.29 is 4.79 Å². The fourth-order valence-corrected chi connectivity index (χ4v) is 1.69. The number of nitrogens with zero attached hydrogens (tertiary/aromatic N) is 1. The molecule has 1 aliphatic rings. The molecule has 0 bridgehead atoms. The Morgan fingerprint density at radius 3 is 2.72 bits per heavy atom. The highest BCUT2D eigenvalue weighted by molar-refractivity contribution is 5.81. The second kappa shape index (κ2) is 4.35. The molecule has 4 heteroatoms. The smallest absolute Gasteiger partial charge is 0.225 e. The lowest BCUT2D eigenvalue weighted by molar-refractivity contribution is -0.128. The first-order chi connectivity index (χ1) is 8.31. The van der Waals surface area contributed by atoms with Crippen molar-refractivity contribution in [3.8, 4) is 0 Å². The molecule has 0 radical (unpaired) electrons. The SMILES string of the molecule is CC(C)(C)C(=O)NCc1ccnc(C2(N)CC2)c1. The highest BCUT2D eigenvalue weighted by Crippen LogP contribution is 2.41. The van der Waals surface area contributed by atoms with Crippen LogP contribution in [0.5, 0.6) is 0 Å². The number of amides is 1. The van der Waals surface area contributed by atoms with Crippen molar-refractivity contribution in [1.29, 1.82) is 0 Å². The molecule has 0 spiro atoms. The van der Waals surface area contributed by atoms with Crippen LogP contribution in [0.25, 0.3) is 0 Å². The summed E-state index contributed by atoms with van der Waals surface area (Å²) < 4.78 is 0. The summed E-state index contributed by atoms with van der Waals surface area (Å²) in [4.78, 5) is 16.1. The summed E-state index contributed by atoms with van der Waals surface area (Å²) in [6.07, 6.45) is 3.76. The van der Waals surface area contributed by atoms with E-state index in [0.29, 0.717) is 6.54 Å². The molecule has 18 heavy (non-hydrogen) atoms. The van der Waals surface area contributed by atoms with Gasteiger partial charge in [-0.15, -0.1) is 0 Å². The summed E-state index contributed by atoms with van der Waals surface area (Å²) in [5.74, 6) is 0.0507. The Bertz CT molecular complexity index is 458. The van der Waals surface area contributed by atoms with Gasteiger partial charge in [-0.25, -0.2) is 0 Å². The van der Waals surface area contributed by atoms with Crippen LogP contribution in [-0.4, -0.2) is 10.9 Å². The average molecular weight is 247 g/mol. The molecule has 3 N–H and O–H groups in total. The molecule has 1 saturated carbocycles. The Labute approximate surface area is 108 Å². The van der Waals surface area contributed by atoms with Crippen LogP contribution in [0.3, 0.4) is 0 Å². The monoisotopic (exact) mass is 247 g/mol. The molecule has 1 amide bonds. The van der Waals surface area contributed by atoms with Gasteiger partial charge in [0.05, 0.1) is 11.2 Å². The van der Waals surface area contributed by atoms with Gasteiger partial charge >= 0.3 is 0 Å². The van der Waals surface area contributed by atoms with Crippen LogP contribution in [0.15, 0.2) is 18.3 Å². The molecule has 1 fully saturated rings. The molecule has 1 aromatic rings. The second-order valence-corrected chi connectivity index (χ2v) is 6.14. The van der Waals surface area contributed by atoms with Gasteiger partial charge in [-0.3, -0.25) is 9.78 Å². The van der Waals surface area contributed by atoms with Gasteiger partial charge in [0.2, 0.25) is 5.91 Å². The van der Waals surface area contributed by atoms with E-state index in [-0.39, 0.29) is 16.9 Å². The minimum atomic E-state index is -0.360. The lowest BCUT2D eigenvalue weighted by atomic mass is 9.95. The van der Waals surface area contributed by atoms with Crippen molar-refractivity contribution in [2.45, 2.75) is 45.7 Å². The van der Waals surface area contributed by atoms with Crippen molar-refractivity contribution in [3.63, 3.8) is 0 Å². The molecule has 1 aromatic heterocycles. The van der Waals surface area contributed by atoms with Gasteiger partial charge in [-0.2, -0.15) is 0 Å². The van der Waals surface area contributed by atoms with Crippen LogP contribution >= 0.6 is 0 Å². The number of nitrogens with one attached hydrogen (secondary N) is 1. The molecule has 1 aliphatic carbocycles. The summed E-state index contributed by atoms with van der Waals surface area (Å²) in [6.45, 7) is 6.24. The molecule has 1 heterocycles. The highest BCUT2D eigenvalue weighted by atomic mass is 16.2. The van der Waals surface area contributed by atoms with E-state index in [9.17, 15) is 4.79 Å². The molecular formula is C14H21N3O. The van der Waals surface area contributed by atoms with Gasteiger partial charge in [-0.1, -0.05) is 20.8 Å². The fraction of sp³-hybridized carbons (Fsp3) is 0.571. The van der Waals surface area contributed by atoms with E-state index in [4.69, 9.17) is 5.73 Å². The molecule has 0 aliphatic heterocycles. The van der Waals surface area contributed by atoms with Gasteiger partial charge in [0.15, 0.2) is 0 Å². The first kappa shape index (κ1) is 13.0. The number of aromatic nitrogens is 1. The Balaban J connectivity index is 2.00. The van der Waals surface area contributed by atoms with Gasteiger partial charge in [0, 0.05) is 18.2 Å². The molecule has 4 nitrogen and oxygen atoms in total. The predicted octanol–water partition coefficient (Wildman–Crippen LogP) is 1.69. The molecular weight excluding hydrogens is 226 g/mol. The van der Waals surface area contributed by atoms with E-state index >= 15 is 0 Å². The zero-order valence-electron chi connectivity index (χ0n) is 11.3. The van der Waals surface area contributed by atoms with Crippen molar-refractivity contribution >= 4 is 5.91 Å². The summed E-state index contributed by atoms with van der Waals surface area (Å²) >= 11 is 0. The molecule has 0 aromatic carbocycles. The van der Waals surface area contributed by atoms with Crippen molar-refractivity contribution in [2.75, 3.05) is 0 Å². The summed E-state index contributed by atoms with van der Waals surface area (Å²) in [6, 6.07) is 3.91. The zero-order valence-corrected chi connectivity index (χ0v) is 11.3. The van der Waals surface area contributed by atoms with Gasteiger partial charge in [0.25, 0.3) is 0 Å². The zero-order chi connectivity index (χ0) is 13.4. The first-order valence-electron chi connectivity index (χ1n) is 6.34. The maximum Gasteiger partial charge on any atom is 0.225 e. The van der Waals surface area contributed by atoms with E-state index in [1.807, 2.05) is 32.9 Å². The largest absolute Gasteiger partial charge is 0.352 e. The second-order valence-electron chi connectivity index (χ2n) is 6.14.